The van der Waals surface area contributed by atoms with Crippen LogP contribution >= 0.6 is 11.6 Å². The summed E-state index contributed by atoms with van der Waals surface area (Å²) in [6.45, 7) is 0. The van der Waals surface area contributed by atoms with Crippen LogP contribution in [0.25, 0.3) is 0 Å². The van der Waals surface area contributed by atoms with Gasteiger partial charge < -0.3 is 15.6 Å². The number of hydrogen-bond donors (Lipinski definition) is 3. The number of oxime groups is 1. The molecule has 0 aromatic carbocycles. The van der Waals surface area contributed by atoms with Crippen LogP contribution in [0, 0.1) is 0 Å². The van der Waals surface area contributed by atoms with Gasteiger partial charge in [0, 0.05) is 6.04 Å². The second kappa shape index (κ2) is 4.03. The highest BCUT2D eigenvalue weighted by molar-refractivity contribution is 6.69. The average molecular weight is 233 g/mol. The molecule has 0 bridgehead atoms. The van der Waals surface area contributed by atoms with E-state index in [2.05, 4.69) is 25.4 Å². The van der Waals surface area contributed by atoms with E-state index in [0.29, 0.717) is 18.7 Å². The van der Waals surface area contributed by atoms with E-state index in [-0.39, 0.29) is 23.0 Å². The first-order valence-electron chi connectivity index (χ1n) is 4.35. The Morgan fingerprint density at radius 1 is 1.53 bits per heavy atom. The molecule has 1 saturated carbocycles. The predicted octanol–water partition coefficient (Wildman–Crippen LogP) is 0.379. The van der Waals surface area contributed by atoms with Crippen LogP contribution in [-0.2, 0) is 0 Å². The molecule has 1 fully saturated rings. The molecule has 15 heavy (non-hydrogen) atoms. The van der Waals surface area contributed by atoms with Gasteiger partial charge in [0.05, 0.1) is 6.10 Å². The highest BCUT2D eigenvalue weighted by atomic mass is 35.5. The molecule has 2 rings (SSSR count). The monoisotopic (exact) mass is 232 g/mol. The number of aliphatic hydroxyl groups excluding tert-OH is 1. The fraction of sp³-hybridized carbons (Fsp3) is 0.571. The Morgan fingerprint density at radius 2 is 2.27 bits per heavy atom. The fourth-order valence-corrected chi connectivity index (χ4v) is 1.49. The Balaban J connectivity index is 2.05. The Kier molecular flexibility index (Phi) is 2.74. The van der Waals surface area contributed by atoms with Crippen molar-refractivity contribution in [2.24, 2.45) is 5.16 Å². The minimum atomic E-state index is -0.271. The van der Waals surface area contributed by atoms with Gasteiger partial charge in [-0.25, -0.2) is 4.63 Å². The Hall–Kier alpha value is -1.34. The number of halogens is 1. The number of rotatable bonds is 3. The minimum absolute atomic E-state index is 0.119. The summed E-state index contributed by atoms with van der Waals surface area (Å²) in [6.07, 6.45) is 1.01. The number of nitrogens with zero attached hydrogens (tertiary/aromatic N) is 3. The molecule has 0 spiro atoms. The Labute approximate surface area is 89.7 Å². The van der Waals surface area contributed by atoms with Crippen molar-refractivity contribution in [2.75, 3.05) is 5.32 Å². The molecule has 0 amide bonds. The standard InChI is InChI=1S/C7H9ClN4O3/c8-6(10-14)5-7(12-15-11-5)9-3-1-4(13)2-3/h3-4,13-14H,1-2H2,(H,9,12). The lowest BCUT2D eigenvalue weighted by Crippen LogP contribution is -2.39. The molecule has 0 saturated heterocycles. The van der Waals surface area contributed by atoms with Crippen LogP contribution in [0.3, 0.4) is 0 Å². The van der Waals surface area contributed by atoms with E-state index in [1.807, 2.05) is 0 Å². The zero-order valence-corrected chi connectivity index (χ0v) is 8.35. The van der Waals surface area contributed by atoms with E-state index in [0.717, 1.165) is 0 Å². The SMILES string of the molecule is ON=C(Cl)c1nonc1NC1CC(O)C1. The second-order valence-corrected chi connectivity index (χ2v) is 3.68. The highest BCUT2D eigenvalue weighted by Crippen LogP contribution is 2.24. The number of aliphatic hydroxyl groups is 1. The molecule has 1 aliphatic rings. The molecule has 3 N–H and O–H groups in total. The van der Waals surface area contributed by atoms with Gasteiger partial charge in [-0.2, -0.15) is 0 Å². The quantitative estimate of drug-likeness (QED) is 0.395. The molecule has 1 aliphatic carbocycles. The van der Waals surface area contributed by atoms with Crippen molar-refractivity contribution in [3.05, 3.63) is 5.69 Å². The van der Waals surface area contributed by atoms with E-state index in [4.69, 9.17) is 21.9 Å². The van der Waals surface area contributed by atoms with Crippen molar-refractivity contribution in [3.8, 4) is 0 Å². The molecule has 1 aromatic heterocycles. The van der Waals surface area contributed by atoms with Crippen LogP contribution in [0.2, 0.25) is 0 Å². The normalized spacial score (nSPS) is 26.1. The third-order valence-corrected chi connectivity index (χ3v) is 2.48. The number of anilines is 1. The zero-order valence-electron chi connectivity index (χ0n) is 7.59. The topological polar surface area (TPSA) is 104 Å². The summed E-state index contributed by atoms with van der Waals surface area (Å²) < 4.78 is 4.46. The van der Waals surface area contributed by atoms with Crippen molar-refractivity contribution in [1.82, 2.24) is 10.3 Å². The summed E-state index contributed by atoms with van der Waals surface area (Å²) >= 11 is 5.56. The Morgan fingerprint density at radius 3 is 2.87 bits per heavy atom. The predicted molar refractivity (Wildman–Crippen MR) is 51.1 cm³/mol. The number of aromatic nitrogens is 2. The maximum absolute atomic E-state index is 9.08. The molecule has 0 unspecified atom stereocenters. The van der Waals surface area contributed by atoms with Crippen LogP contribution < -0.4 is 5.32 Å². The largest absolute Gasteiger partial charge is 0.410 e. The second-order valence-electron chi connectivity index (χ2n) is 3.32. The molecule has 1 aromatic rings. The molecule has 8 heteroatoms. The van der Waals surface area contributed by atoms with Crippen molar-refractivity contribution in [1.29, 1.82) is 0 Å². The maximum atomic E-state index is 9.08. The van der Waals surface area contributed by atoms with Gasteiger partial charge in [-0.3, -0.25) is 0 Å². The smallest absolute Gasteiger partial charge is 0.201 e. The first-order chi connectivity index (χ1) is 7.20. The van der Waals surface area contributed by atoms with Gasteiger partial charge >= 0.3 is 0 Å². The van der Waals surface area contributed by atoms with Gasteiger partial charge in [0.25, 0.3) is 0 Å². The summed E-state index contributed by atoms with van der Waals surface area (Å²) in [5, 5.41) is 30.2. The van der Waals surface area contributed by atoms with Crippen molar-refractivity contribution in [3.63, 3.8) is 0 Å². The minimum Gasteiger partial charge on any atom is -0.410 e. The lowest BCUT2D eigenvalue weighted by molar-refractivity contribution is 0.0834. The third-order valence-electron chi connectivity index (χ3n) is 2.23. The van der Waals surface area contributed by atoms with E-state index in [1.165, 1.54) is 0 Å². The number of hydrogen-bond acceptors (Lipinski definition) is 7. The molecule has 82 valence electrons. The Bertz CT molecular complexity index is 374. The molecule has 1 heterocycles. The average Bonchev–Trinajstić information content (AvgIpc) is 2.62. The summed E-state index contributed by atoms with van der Waals surface area (Å²) in [5.74, 6) is 0.315. The first kappa shape index (κ1) is 10.2. The summed E-state index contributed by atoms with van der Waals surface area (Å²) in [4.78, 5) is 0. The molecular formula is C7H9ClN4O3. The van der Waals surface area contributed by atoms with Crippen LogP contribution in [0.15, 0.2) is 9.78 Å². The number of nitrogens with one attached hydrogen (secondary N) is 1. The van der Waals surface area contributed by atoms with Gasteiger partial charge in [0.15, 0.2) is 5.69 Å². The first-order valence-corrected chi connectivity index (χ1v) is 4.73. The van der Waals surface area contributed by atoms with Gasteiger partial charge in [-0.15, -0.1) is 0 Å². The highest BCUT2D eigenvalue weighted by Gasteiger charge is 2.29. The van der Waals surface area contributed by atoms with Gasteiger partial charge in [-0.1, -0.05) is 16.8 Å². The molecule has 0 aliphatic heterocycles. The van der Waals surface area contributed by atoms with Crippen LogP contribution in [0.5, 0.6) is 0 Å². The van der Waals surface area contributed by atoms with E-state index < -0.39 is 0 Å². The van der Waals surface area contributed by atoms with E-state index >= 15 is 0 Å². The van der Waals surface area contributed by atoms with Gasteiger partial charge in [0.2, 0.25) is 11.0 Å². The van der Waals surface area contributed by atoms with E-state index in [9.17, 15) is 0 Å². The lowest BCUT2D eigenvalue weighted by atomic mass is 9.89. The summed E-state index contributed by atoms with van der Waals surface area (Å²) in [7, 11) is 0. The molecule has 7 nitrogen and oxygen atoms in total. The molecular weight excluding hydrogens is 224 g/mol. The van der Waals surface area contributed by atoms with Crippen molar-refractivity contribution in [2.45, 2.75) is 25.0 Å². The van der Waals surface area contributed by atoms with Crippen LogP contribution in [-0.4, -0.2) is 37.9 Å². The maximum Gasteiger partial charge on any atom is 0.201 e. The van der Waals surface area contributed by atoms with E-state index in [1.54, 1.807) is 0 Å². The zero-order chi connectivity index (χ0) is 10.8. The van der Waals surface area contributed by atoms with Crippen LogP contribution in [0.4, 0.5) is 5.82 Å². The van der Waals surface area contributed by atoms with Crippen molar-refractivity contribution < 1.29 is 14.9 Å². The molecule has 0 radical (unpaired) electrons. The summed E-state index contributed by atoms with van der Waals surface area (Å²) in [6, 6.07) is 0.119. The summed E-state index contributed by atoms with van der Waals surface area (Å²) in [5.41, 5.74) is 0.153. The van der Waals surface area contributed by atoms with Crippen LogP contribution in [0.1, 0.15) is 18.5 Å². The van der Waals surface area contributed by atoms with Gasteiger partial charge in [-0.05, 0) is 23.2 Å². The fourth-order valence-electron chi connectivity index (χ4n) is 1.36. The van der Waals surface area contributed by atoms with Crippen molar-refractivity contribution >= 4 is 22.6 Å². The third kappa shape index (κ3) is 2.02. The van der Waals surface area contributed by atoms with Gasteiger partial charge in [0.1, 0.15) is 0 Å². The lowest BCUT2D eigenvalue weighted by Gasteiger charge is -2.31. The molecule has 0 atom stereocenters.